The number of carboxylic acid groups (broad SMARTS) is 1. The van der Waals surface area contributed by atoms with Crippen molar-refractivity contribution in [3.8, 4) is 0 Å². The van der Waals surface area contributed by atoms with E-state index in [1.807, 2.05) is 0 Å². The molecule has 0 saturated carbocycles. The summed E-state index contributed by atoms with van der Waals surface area (Å²) >= 11 is 0. The van der Waals surface area contributed by atoms with Gasteiger partial charge in [-0.25, -0.2) is 4.79 Å². The average Bonchev–Trinajstić information content (AvgIpc) is 2.51. The summed E-state index contributed by atoms with van der Waals surface area (Å²) in [5, 5.41) is 36.3. The third-order valence-electron chi connectivity index (χ3n) is 3.69. The minimum absolute atomic E-state index is 0.0699. The largest absolute Gasteiger partial charge is 0.477 e. The van der Waals surface area contributed by atoms with Gasteiger partial charge in [-0.3, -0.25) is 0 Å². The summed E-state index contributed by atoms with van der Waals surface area (Å²) in [5.41, 5.74) is 0. The Hall–Kier alpha value is -1.17. The number of carbonyl (C=O) groups is 1. The van der Waals surface area contributed by atoms with Crippen LogP contribution in [0.5, 0.6) is 0 Å². The average molecular weight is 328 g/mol. The summed E-state index contributed by atoms with van der Waals surface area (Å²) in [6.45, 7) is 2.13. The van der Waals surface area contributed by atoms with E-state index in [1.165, 1.54) is 6.42 Å². The lowest BCUT2D eigenvalue weighted by Crippen LogP contribution is -2.49. The third kappa shape index (κ3) is 11.1. The first-order valence-corrected chi connectivity index (χ1v) is 8.59. The van der Waals surface area contributed by atoms with Crippen LogP contribution in [-0.2, 0) is 4.79 Å². The van der Waals surface area contributed by atoms with Crippen LogP contribution in [0.3, 0.4) is 0 Å². The predicted octanol–water partition coefficient (Wildman–Crippen LogP) is 3.15. The summed E-state index contributed by atoms with van der Waals surface area (Å²) in [4.78, 5) is 10.5. The van der Waals surface area contributed by atoms with Gasteiger partial charge in [-0.05, 0) is 44.9 Å². The number of hydrogen-bond acceptors (Lipinski definition) is 4. The van der Waals surface area contributed by atoms with E-state index < -0.39 is 17.9 Å². The van der Waals surface area contributed by atoms with Crippen molar-refractivity contribution in [2.45, 2.75) is 83.0 Å². The predicted molar refractivity (Wildman–Crippen MR) is 90.9 cm³/mol. The molecule has 0 aromatic heterocycles. The number of aliphatic carboxylic acids is 1. The van der Waals surface area contributed by atoms with Crippen molar-refractivity contribution in [2.24, 2.45) is 0 Å². The van der Waals surface area contributed by atoms with E-state index in [-0.39, 0.29) is 6.42 Å². The van der Waals surface area contributed by atoms with Gasteiger partial charge in [0.05, 0.1) is 0 Å². The molecule has 0 radical (unpaired) electrons. The van der Waals surface area contributed by atoms with Crippen LogP contribution < -0.4 is 0 Å². The molecule has 5 heteroatoms. The molecule has 1 unspecified atom stereocenters. The van der Waals surface area contributed by atoms with Gasteiger partial charge in [-0.2, -0.15) is 0 Å². The maximum atomic E-state index is 10.5. The number of allylic oxidation sites excluding steroid dienone is 4. The topological polar surface area (TPSA) is 98.0 Å². The van der Waals surface area contributed by atoms with Crippen LogP contribution in [0.25, 0.3) is 0 Å². The molecule has 0 aromatic rings. The molecule has 0 aliphatic carbocycles. The zero-order valence-electron chi connectivity index (χ0n) is 14.2. The van der Waals surface area contributed by atoms with Gasteiger partial charge in [0.2, 0.25) is 0 Å². The molecular weight excluding hydrogens is 296 g/mol. The summed E-state index contributed by atoms with van der Waals surface area (Å²) in [6.07, 6.45) is 16.2. The molecule has 0 saturated heterocycles. The van der Waals surface area contributed by atoms with Gasteiger partial charge in [0, 0.05) is 0 Å². The molecule has 0 aromatic carbocycles. The van der Waals surface area contributed by atoms with Crippen LogP contribution in [0.4, 0.5) is 0 Å². The highest BCUT2D eigenvalue weighted by atomic mass is 16.6. The zero-order valence-corrected chi connectivity index (χ0v) is 14.2. The molecule has 23 heavy (non-hydrogen) atoms. The molecule has 0 aliphatic heterocycles. The Morgan fingerprint density at radius 1 is 0.913 bits per heavy atom. The second kappa shape index (κ2) is 13.3. The molecule has 4 N–H and O–H groups in total. The fourth-order valence-electron chi connectivity index (χ4n) is 2.17. The van der Waals surface area contributed by atoms with Gasteiger partial charge in [0.25, 0.3) is 5.79 Å². The van der Waals surface area contributed by atoms with Crippen molar-refractivity contribution in [1.29, 1.82) is 0 Å². The lowest BCUT2D eigenvalue weighted by atomic mass is 10.0. The van der Waals surface area contributed by atoms with Crippen LogP contribution in [0, 0.1) is 0 Å². The third-order valence-corrected chi connectivity index (χ3v) is 3.69. The maximum absolute atomic E-state index is 10.5. The van der Waals surface area contributed by atoms with Crippen LogP contribution in [-0.4, -0.2) is 38.3 Å². The van der Waals surface area contributed by atoms with Crippen molar-refractivity contribution in [1.82, 2.24) is 0 Å². The Morgan fingerprint density at radius 2 is 1.43 bits per heavy atom. The number of unbranched alkanes of at least 4 members (excludes halogenated alkanes) is 6. The highest BCUT2D eigenvalue weighted by Gasteiger charge is 2.41. The van der Waals surface area contributed by atoms with Crippen molar-refractivity contribution in [2.75, 3.05) is 0 Å². The molecule has 0 amide bonds. The van der Waals surface area contributed by atoms with Crippen molar-refractivity contribution >= 4 is 5.97 Å². The lowest BCUT2D eigenvalue weighted by Gasteiger charge is -2.22. The molecule has 0 bridgehead atoms. The summed E-state index contributed by atoms with van der Waals surface area (Å²) < 4.78 is 0. The smallest absolute Gasteiger partial charge is 0.366 e. The first kappa shape index (κ1) is 21.8. The van der Waals surface area contributed by atoms with E-state index >= 15 is 0 Å². The Labute approximate surface area is 139 Å². The lowest BCUT2D eigenvalue weighted by molar-refractivity contribution is -0.237. The Morgan fingerprint density at radius 3 is 2.00 bits per heavy atom. The standard InChI is InChI=1S/C18H32O5/c1-2-3-4-5-6-7-8-9-10-11-12-13-14-15-16(19)18(22,23)17(20)21/h3-4,8-9,16,19,22-23H,2,5-7,10-15H2,1H3,(H,20,21). The van der Waals surface area contributed by atoms with Gasteiger partial charge in [0.15, 0.2) is 0 Å². The summed E-state index contributed by atoms with van der Waals surface area (Å²) in [6, 6.07) is 0. The highest BCUT2D eigenvalue weighted by Crippen LogP contribution is 2.15. The highest BCUT2D eigenvalue weighted by molar-refractivity contribution is 5.75. The molecule has 0 rings (SSSR count). The molecule has 0 fully saturated rings. The van der Waals surface area contributed by atoms with Gasteiger partial charge in [-0.15, -0.1) is 0 Å². The van der Waals surface area contributed by atoms with E-state index in [0.717, 1.165) is 44.9 Å². The monoisotopic (exact) mass is 328 g/mol. The number of hydrogen-bond donors (Lipinski definition) is 4. The summed E-state index contributed by atoms with van der Waals surface area (Å²) in [5.74, 6) is -4.87. The van der Waals surface area contributed by atoms with Crippen molar-refractivity contribution in [3.05, 3.63) is 24.3 Å². The van der Waals surface area contributed by atoms with Gasteiger partial charge < -0.3 is 20.4 Å². The van der Waals surface area contributed by atoms with Crippen molar-refractivity contribution in [3.63, 3.8) is 0 Å². The molecule has 134 valence electrons. The number of rotatable bonds is 14. The quantitative estimate of drug-likeness (QED) is 0.223. The first-order chi connectivity index (χ1) is 10.9. The first-order valence-electron chi connectivity index (χ1n) is 8.59. The fraction of sp³-hybridized carbons (Fsp3) is 0.722. The van der Waals surface area contributed by atoms with Gasteiger partial charge in [-0.1, -0.05) is 50.5 Å². The molecule has 0 heterocycles. The minimum Gasteiger partial charge on any atom is -0.477 e. The Bertz CT molecular complexity index is 360. The SMILES string of the molecule is CCC=CCCCC=CCCCCCCC(O)C(O)(O)C(=O)O. The molecule has 1 atom stereocenters. The fourth-order valence-corrected chi connectivity index (χ4v) is 2.17. The molecule has 5 nitrogen and oxygen atoms in total. The maximum Gasteiger partial charge on any atom is 0.366 e. The molecule has 0 aliphatic rings. The molecule has 0 spiro atoms. The second-order valence-electron chi connectivity index (χ2n) is 5.82. The van der Waals surface area contributed by atoms with E-state index in [9.17, 15) is 9.90 Å². The number of carboxylic acids is 1. The Balaban J connectivity index is 3.49. The number of aliphatic hydroxyl groups excluding tert-OH is 1. The van der Waals surface area contributed by atoms with Gasteiger partial charge in [0.1, 0.15) is 6.10 Å². The second-order valence-corrected chi connectivity index (χ2v) is 5.82. The van der Waals surface area contributed by atoms with Crippen LogP contribution >= 0.6 is 0 Å². The van der Waals surface area contributed by atoms with E-state index in [1.54, 1.807) is 0 Å². The zero-order chi connectivity index (χ0) is 17.6. The van der Waals surface area contributed by atoms with Crippen molar-refractivity contribution < 1.29 is 25.2 Å². The van der Waals surface area contributed by atoms with E-state index in [2.05, 4.69) is 31.2 Å². The minimum atomic E-state index is -3.05. The Kier molecular flexibility index (Phi) is 12.6. The van der Waals surface area contributed by atoms with Crippen LogP contribution in [0.15, 0.2) is 24.3 Å². The van der Waals surface area contributed by atoms with Crippen LogP contribution in [0.1, 0.15) is 71.1 Å². The number of aliphatic hydroxyl groups is 3. The summed E-state index contributed by atoms with van der Waals surface area (Å²) in [7, 11) is 0. The normalized spacial score (nSPS) is 13.9. The van der Waals surface area contributed by atoms with Crippen LogP contribution in [0.2, 0.25) is 0 Å². The molecular formula is C18H32O5. The van der Waals surface area contributed by atoms with E-state index in [4.69, 9.17) is 15.3 Å². The van der Waals surface area contributed by atoms with Gasteiger partial charge >= 0.3 is 5.97 Å². The van der Waals surface area contributed by atoms with E-state index in [0.29, 0.717) is 6.42 Å².